The molecule has 0 aromatic heterocycles. The van der Waals surface area contributed by atoms with Gasteiger partial charge >= 0.3 is 6.18 Å². The molecule has 1 heterocycles. The number of rotatable bonds is 6. The van der Waals surface area contributed by atoms with Crippen LogP contribution in [0.5, 0.6) is 0 Å². The van der Waals surface area contributed by atoms with Gasteiger partial charge in [0.2, 0.25) is 5.91 Å². The van der Waals surface area contributed by atoms with E-state index in [-0.39, 0.29) is 47.9 Å². The average molecular weight is 571 g/mol. The fourth-order valence-electron chi connectivity index (χ4n) is 3.80. The molecule has 0 radical (unpaired) electrons. The Morgan fingerprint density at radius 1 is 1.16 bits per heavy atom. The first-order valence-corrected chi connectivity index (χ1v) is 10.6. The fraction of sp³-hybridized carbons (Fsp3) is 0.619. The van der Waals surface area contributed by atoms with Gasteiger partial charge in [0.25, 0.3) is 0 Å². The molecule has 6 nitrogen and oxygen atoms in total. The molecule has 1 aromatic rings. The van der Waals surface area contributed by atoms with E-state index in [0.29, 0.717) is 18.6 Å². The number of guanidine groups is 1. The lowest BCUT2D eigenvalue weighted by Gasteiger charge is -2.38. The Morgan fingerprint density at radius 2 is 1.84 bits per heavy atom. The minimum Gasteiger partial charge on any atom is -0.355 e. The van der Waals surface area contributed by atoms with Crippen LogP contribution in [0.3, 0.4) is 0 Å². The van der Waals surface area contributed by atoms with Crippen LogP contribution >= 0.6 is 24.0 Å². The molecule has 2 N–H and O–H groups in total. The number of piperazine rings is 1. The van der Waals surface area contributed by atoms with Crippen molar-refractivity contribution in [3.63, 3.8) is 0 Å². The van der Waals surface area contributed by atoms with Crippen LogP contribution in [0.25, 0.3) is 0 Å². The summed E-state index contributed by atoms with van der Waals surface area (Å²) in [6.07, 6.45) is -1.46. The first kappa shape index (κ1) is 26.6. The van der Waals surface area contributed by atoms with Gasteiger partial charge in [0.15, 0.2) is 5.96 Å². The van der Waals surface area contributed by atoms with E-state index in [4.69, 9.17) is 0 Å². The maximum Gasteiger partial charge on any atom is 0.416 e. The van der Waals surface area contributed by atoms with Crippen molar-refractivity contribution in [3.05, 3.63) is 35.1 Å². The third kappa shape index (κ3) is 7.19. The highest BCUT2D eigenvalue weighted by Gasteiger charge is 2.34. The average Bonchev–Trinajstić information content (AvgIpc) is 2.69. The first-order chi connectivity index (χ1) is 14.8. The smallest absolute Gasteiger partial charge is 0.355 e. The van der Waals surface area contributed by atoms with Gasteiger partial charge in [-0.1, -0.05) is 12.5 Å². The van der Waals surface area contributed by atoms with Gasteiger partial charge in [-0.15, -0.1) is 24.0 Å². The van der Waals surface area contributed by atoms with Crippen LogP contribution in [-0.4, -0.2) is 68.0 Å². The van der Waals surface area contributed by atoms with Gasteiger partial charge in [-0.25, -0.2) is 4.39 Å². The van der Waals surface area contributed by atoms with Gasteiger partial charge in [-0.2, -0.15) is 13.2 Å². The molecule has 1 saturated heterocycles. The second-order valence-electron chi connectivity index (χ2n) is 7.95. The van der Waals surface area contributed by atoms with Crippen LogP contribution in [-0.2, 0) is 17.5 Å². The molecular weight excluding hydrogens is 541 g/mol. The van der Waals surface area contributed by atoms with Gasteiger partial charge in [-0.3, -0.25) is 14.7 Å². The summed E-state index contributed by atoms with van der Waals surface area (Å²) in [6, 6.07) is 2.64. The van der Waals surface area contributed by atoms with E-state index in [0.717, 1.165) is 64.1 Å². The Labute approximate surface area is 202 Å². The number of nitrogens with one attached hydrogen (secondary N) is 2. The predicted molar refractivity (Wildman–Crippen MR) is 125 cm³/mol. The maximum atomic E-state index is 13.2. The Morgan fingerprint density at radius 3 is 2.41 bits per heavy atom. The minimum absolute atomic E-state index is 0. The number of aliphatic imine (C=N–C) groups is 1. The number of carbonyl (C=O) groups excluding carboxylic acids is 1. The summed E-state index contributed by atoms with van der Waals surface area (Å²) in [7, 11) is 1.54. The van der Waals surface area contributed by atoms with E-state index in [9.17, 15) is 22.4 Å². The van der Waals surface area contributed by atoms with Crippen molar-refractivity contribution >= 4 is 35.8 Å². The molecule has 1 aliphatic heterocycles. The summed E-state index contributed by atoms with van der Waals surface area (Å²) in [5, 5.41) is 5.94. The molecule has 0 bridgehead atoms. The fourth-order valence-corrected chi connectivity index (χ4v) is 3.80. The van der Waals surface area contributed by atoms with Crippen molar-refractivity contribution in [1.29, 1.82) is 0 Å². The number of hydrogen-bond acceptors (Lipinski definition) is 3. The van der Waals surface area contributed by atoms with Gasteiger partial charge < -0.3 is 15.5 Å². The molecule has 0 unspecified atom stereocenters. The molecule has 0 spiro atoms. The molecule has 11 heteroatoms. The van der Waals surface area contributed by atoms with Gasteiger partial charge in [-0.05, 0) is 30.5 Å². The largest absolute Gasteiger partial charge is 0.416 e. The quantitative estimate of drug-likeness (QED) is 0.239. The van der Waals surface area contributed by atoms with Crippen LogP contribution in [0.1, 0.15) is 30.4 Å². The summed E-state index contributed by atoms with van der Waals surface area (Å²) in [4.78, 5) is 20.5. The summed E-state index contributed by atoms with van der Waals surface area (Å²) < 4.78 is 52.6. The van der Waals surface area contributed by atoms with Crippen LogP contribution in [0.2, 0.25) is 0 Å². The Balaban J connectivity index is 0.00000363. The highest BCUT2D eigenvalue weighted by molar-refractivity contribution is 14.0. The molecule has 1 aliphatic carbocycles. The molecule has 1 saturated carbocycles. The van der Waals surface area contributed by atoms with E-state index in [1.165, 1.54) is 7.05 Å². The molecule has 32 heavy (non-hydrogen) atoms. The number of halogens is 5. The molecule has 2 fully saturated rings. The zero-order valence-corrected chi connectivity index (χ0v) is 20.4. The van der Waals surface area contributed by atoms with Crippen LogP contribution < -0.4 is 10.6 Å². The predicted octanol–water partition coefficient (Wildman–Crippen LogP) is 3.07. The van der Waals surface area contributed by atoms with Crippen molar-refractivity contribution in [2.75, 3.05) is 46.3 Å². The molecule has 2 aliphatic rings. The van der Waals surface area contributed by atoms with Crippen molar-refractivity contribution in [1.82, 2.24) is 20.4 Å². The lowest BCUT2D eigenvalue weighted by molar-refractivity contribution is -0.140. The third-order valence-corrected chi connectivity index (χ3v) is 5.91. The molecule has 0 atom stereocenters. The second kappa shape index (κ2) is 12.0. The first-order valence-electron chi connectivity index (χ1n) is 10.6. The summed E-state index contributed by atoms with van der Waals surface area (Å²) in [5.41, 5.74) is -1.05. The Bertz CT molecular complexity index is 793. The second-order valence-corrected chi connectivity index (χ2v) is 7.95. The molecule has 3 rings (SSSR count). The van der Waals surface area contributed by atoms with E-state index in [1.807, 2.05) is 4.90 Å². The summed E-state index contributed by atoms with van der Waals surface area (Å²) in [6.45, 7) is 4.23. The molecule has 1 amide bonds. The number of carbonyl (C=O) groups is 1. The monoisotopic (exact) mass is 571 g/mol. The molecule has 1 aromatic carbocycles. The SMILES string of the molecule is CN=C(NCCN1CCN(C(=O)C2CCC2)CC1)NCc1ccc(F)cc1C(F)(F)F.I. The van der Waals surface area contributed by atoms with E-state index in [2.05, 4.69) is 20.5 Å². The van der Waals surface area contributed by atoms with Crippen molar-refractivity contribution in [2.24, 2.45) is 10.9 Å². The molecule has 180 valence electrons. The van der Waals surface area contributed by atoms with Crippen molar-refractivity contribution in [2.45, 2.75) is 32.0 Å². The number of amides is 1. The Hall–Kier alpha value is -1.63. The van der Waals surface area contributed by atoms with Crippen molar-refractivity contribution in [3.8, 4) is 0 Å². The van der Waals surface area contributed by atoms with Gasteiger partial charge in [0, 0.05) is 58.8 Å². The lowest BCUT2D eigenvalue weighted by atomic mass is 9.84. The normalized spacial score (nSPS) is 18.0. The van der Waals surface area contributed by atoms with Gasteiger partial charge in [0.1, 0.15) is 5.82 Å². The minimum atomic E-state index is -4.63. The van der Waals surface area contributed by atoms with Crippen LogP contribution in [0.4, 0.5) is 17.6 Å². The third-order valence-electron chi connectivity index (χ3n) is 5.91. The number of benzene rings is 1. The number of alkyl halides is 3. The summed E-state index contributed by atoms with van der Waals surface area (Å²) >= 11 is 0. The zero-order chi connectivity index (χ0) is 22.4. The highest BCUT2D eigenvalue weighted by Crippen LogP contribution is 2.32. The van der Waals surface area contributed by atoms with E-state index in [1.54, 1.807) is 0 Å². The zero-order valence-electron chi connectivity index (χ0n) is 18.1. The number of hydrogen-bond donors (Lipinski definition) is 2. The maximum absolute atomic E-state index is 13.2. The summed E-state index contributed by atoms with van der Waals surface area (Å²) in [5.74, 6) is -0.0430. The standard InChI is InChI=1S/C21H29F4N5O.HI/c1-26-20(28-14-16-5-6-17(22)13-18(16)21(23,24)25)27-7-8-29-9-11-30(12-10-29)19(31)15-3-2-4-15;/h5-6,13,15H,2-4,7-12,14H2,1H3,(H2,26,27,28);1H. The van der Waals surface area contributed by atoms with Crippen molar-refractivity contribution < 1.29 is 22.4 Å². The van der Waals surface area contributed by atoms with Crippen LogP contribution in [0, 0.1) is 11.7 Å². The van der Waals surface area contributed by atoms with E-state index < -0.39 is 17.6 Å². The Kier molecular flexibility index (Phi) is 9.99. The van der Waals surface area contributed by atoms with E-state index >= 15 is 0 Å². The van der Waals surface area contributed by atoms with Gasteiger partial charge in [0.05, 0.1) is 5.56 Å². The van der Waals surface area contributed by atoms with Crippen LogP contribution in [0.15, 0.2) is 23.2 Å². The topological polar surface area (TPSA) is 60.0 Å². The highest BCUT2D eigenvalue weighted by atomic mass is 127. The lowest BCUT2D eigenvalue weighted by Crippen LogP contribution is -2.52. The molecular formula is C21H30F4IN5O. The number of nitrogens with zero attached hydrogens (tertiary/aromatic N) is 3.